The number of ether oxygens (including phenoxy) is 2. The molecule has 2 nitrogen and oxygen atoms in total. The molecule has 1 aliphatic heterocycles. The van der Waals surface area contributed by atoms with Gasteiger partial charge < -0.3 is 9.47 Å². The van der Waals surface area contributed by atoms with E-state index in [1.807, 2.05) is 12.1 Å². The maximum Gasteiger partial charge on any atom is 0.183 e. The van der Waals surface area contributed by atoms with E-state index < -0.39 is 6.29 Å². The minimum atomic E-state index is -0.462. The van der Waals surface area contributed by atoms with Crippen LogP contribution >= 0.6 is 0 Å². The fourth-order valence-electron chi connectivity index (χ4n) is 6.49. The molecule has 1 aliphatic carbocycles. The molecule has 1 saturated heterocycles. The van der Waals surface area contributed by atoms with Crippen LogP contribution in [0.2, 0.25) is 0 Å². The normalized spacial score (nSPS) is 25.9. The number of hydrogen-bond donors (Lipinski definition) is 0. The molecule has 210 valence electrons. The van der Waals surface area contributed by atoms with Crippen molar-refractivity contribution >= 4 is 0 Å². The summed E-state index contributed by atoms with van der Waals surface area (Å²) in [7, 11) is 0. The highest BCUT2D eigenvalue weighted by atomic mass is 19.1. The van der Waals surface area contributed by atoms with Crippen molar-refractivity contribution < 1.29 is 13.9 Å². The topological polar surface area (TPSA) is 18.5 Å². The Morgan fingerprint density at radius 3 is 2.08 bits per heavy atom. The lowest BCUT2D eigenvalue weighted by atomic mass is 9.68. The van der Waals surface area contributed by atoms with E-state index in [2.05, 4.69) is 45.0 Å². The third kappa shape index (κ3) is 8.15. The summed E-state index contributed by atoms with van der Waals surface area (Å²) in [6.07, 6.45) is 17.7. The smallest absolute Gasteiger partial charge is 0.183 e. The van der Waals surface area contributed by atoms with Crippen molar-refractivity contribution in [2.75, 3.05) is 13.2 Å². The van der Waals surface area contributed by atoms with Gasteiger partial charge in [0, 0.05) is 17.0 Å². The van der Waals surface area contributed by atoms with Gasteiger partial charge in [-0.2, -0.15) is 0 Å². The molecule has 0 aromatic heterocycles. The van der Waals surface area contributed by atoms with Crippen molar-refractivity contribution in [3.8, 4) is 11.1 Å². The predicted octanol–water partition coefficient (Wildman–Crippen LogP) is 10.8. The zero-order chi connectivity index (χ0) is 26.8. The predicted molar refractivity (Wildman–Crippen MR) is 157 cm³/mol. The average molecular weight is 523 g/mol. The van der Waals surface area contributed by atoms with E-state index in [1.165, 1.54) is 89.0 Å². The van der Waals surface area contributed by atoms with Crippen LogP contribution in [0.3, 0.4) is 0 Å². The Morgan fingerprint density at radius 2 is 1.42 bits per heavy atom. The summed E-state index contributed by atoms with van der Waals surface area (Å²) >= 11 is 0. The Balaban J connectivity index is 1.27. The lowest BCUT2D eigenvalue weighted by molar-refractivity contribution is -0.206. The maximum atomic E-state index is 15.2. The van der Waals surface area contributed by atoms with Gasteiger partial charge in [0.1, 0.15) is 5.82 Å². The Morgan fingerprint density at radius 1 is 0.789 bits per heavy atom. The highest BCUT2D eigenvalue weighted by molar-refractivity contribution is 5.65. The van der Waals surface area contributed by atoms with Crippen molar-refractivity contribution in [3.63, 3.8) is 0 Å². The van der Waals surface area contributed by atoms with Crippen molar-refractivity contribution in [2.45, 2.75) is 123 Å². The van der Waals surface area contributed by atoms with Gasteiger partial charge in [0.05, 0.1) is 13.2 Å². The molecule has 2 aliphatic rings. The average Bonchev–Trinajstić information content (AvgIpc) is 2.94. The zero-order valence-corrected chi connectivity index (χ0v) is 24.3. The van der Waals surface area contributed by atoms with Crippen molar-refractivity contribution in [2.24, 2.45) is 11.3 Å². The lowest BCUT2D eigenvalue weighted by Crippen LogP contribution is -2.27. The summed E-state index contributed by atoms with van der Waals surface area (Å²) in [4.78, 5) is 0. The molecule has 3 heteroatoms. The molecule has 2 fully saturated rings. The van der Waals surface area contributed by atoms with E-state index in [0.717, 1.165) is 17.5 Å². The third-order valence-electron chi connectivity index (χ3n) is 9.22. The minimum Gasteiger partial charge on any atom is -0.348 e. The van der Waals surface area contributed by atoms with E-state index in [0.29, 0.717) is 36.0 Å². The second kappa shape index (κ2) is 14.6. The molecule has 38 heavy (non-hydrogen) atoms. The number of unbranched alkanes of at least 4 members (excludes halogenated alkanes) is 6. The summed E-state index contributed by atoms with van der Waals surface area (Å²) in [5.41, 5.74) is 4.29. The second-order valence-electron chi connectivity index (χ2n) is 12.5. The van der Waals surface area contributed by atoms with Crippen molar-refractivity contribution in [3.05, 3.63) is 59.4 Å². The van der Waals surface area contributed by atoms with Crippen LogP contribution in [0.25, 0.3) is 11.1 Å². The second-order valence-corrected chi connectivity index (χ2v) is 12.5. The Labute approximate surface area is 231 Å². The van der Waals surface area contributed by atoms with Crippen molar-refractivity contribution in [1.29, 1.82) is 0 Å². The van der Waals surface area contributed by atoms with Crippen LogP contribution in [0.15, 0.2) is 42.5 Å². The van der Waals surface area contributed by atoms with Crippen LogP contribution in [-0.4, -0.2) is 13.2 Å². The first-order valence-electron chi connectivity index (χ1n) is 15.6. The quantitative estimate of drug-likeness (QED) is 0.244. The molecular formula is C35H51FO2. The fourth-order valence-corrected chi connectivity index (χ4v) is 6.49. The zero-order valence-electron chi connectivity index (χ0n) is 24.3. The maximum absolute atomic E-state index is 15.2. The summed E-state index contributed by atoms with van der Waals surface area (Å²) in [5.74, 6) is 0.881. The van der Waals surface area contributed by atoms with E-state index in [9.17, 15) is 0 Å². The van der Waals surface area contributed by atoms with Crippen LogP contribution in [-0.2, 0) is 9.47 Å². The summed E-state index contributed by atoms with van der Waals surface area (Å²) < 4.78 is 27.2. The molecule has 4 rings (SSSR count). The number of rotatable bonds is 13. The molecule has 0 atom stereocenters. The monoisotopic (exact) mass is 522 g/mol. The molecule has 0 spiro atoms. The van der Waals surface area contributed by atoms with Crippen LogP contribution in [0.1, 0.15) is 134 Å². The highest BCUT2D eigenvalue weighted by Gasteiger charge is 2.31. The first kappa shape index (κ1) is 29.3. The number of halogens is 1. The summed E-state index contributed by atoms with van der Waals surface area (Å²) in [6, 6.07) is 14.1. The van der Waals surface area contributed by atoms with Gasteiger partial charge in [-0.15, -0.1) is 0 Å². The molecule has 2 aromatic carbocycles. The van der Waals surface area contributed by atoms with Gasteiger partial charge in [-0.3, -0.25) is 0 Å². The highest BCUT2D eigenvalue weighted by Crippen LogP contribution is 2.46. The van der Waals surface area contributed by atoms with E-state index in [4.69, 9.17) is 9.47 Å². The van der Waals surface area contributed by atoms with Gasteiger partial charge >= 0.3 is 0 Å². The first-order chi connectivity index (χ1) is 18.5. The first-order valence-corrected chi connectivity index (χ1v) is 15.6. The van der Waals surface area contributed by atoms with Gasteiger partial charge in [0.15, 0.2) is 6.29 Å². The lowest BCUT2D eigenvalue weighted by Gasteiger charge is -2.38. The minimum absolute atomic E-state index is 0.207. The van der Waals surface area contributed by atoms with Crippen LogP contribution in [0.5, 0.6) is 0 Å². The molecular weight excluding hydrogens is 471 g/mol. The van der Waals surface area contributed by atoms with Gasteiger partial charge in [0.25, 0.3) is 0 Å². The molecule has 0 N–H and O–H groups in total. The summed E-state index contributed by atoms with van der Waals surface area (Å²) in [6.45, 7) is 8.42. The van der Waals surface area contributed by atoms with Gasteiger partial charge in [-0.05, 0) is 67.1 Å². The third-order valence-corrected chi connectivity index (χ3v) is 9.22. The van der Waals surface area contributed by atoms with Crippen molar-refractivity contribution in [1.82, 2.24) is 0 Å². The molecule has 0 amide bonds. The molecule has 0 unspecified atom stereocenters. The molecule has 0 bridgehead atoms. The Bertz CT molecular complexity index is 952. The SMILES string of the molecule is CCCCCCCC1COC(c2ccc(-c3ccc(C4CCC(C)(CCCCC)CC4)cc3)c(F)c2)OC1. The van der Waals surface area contributed by atoms with Gasteiger partial charge in [-0.25, -0.2) is 4.39 Å². The Kier molecular flexibility index (Phi) is 11.3. The molecule has 1 saturated carbocycles. The van der Waals surface area contributed by atoms with Crippen LogP contribution in [0.4, 0.5) is 4.39 Å². The van der Waals surface area contributed by atoms with Gasteiger partial charge in [0.2, 0.25) is 0 Å². The standard InChI is InChI=1S/C35H51FO2/c1-4-6-8-9-10-12-27-25-37-34(38-26-27)31-17-18-32(33(36)24-31)30-15-13-28(14-16-30)29-19-22-35(3,23-20-29)21-11-7-5-2/h13-18,24,27,29,34H,4-12,19-23,25-26H2,1-3H3. The number of benzene rings is 2. The van der Waals surface area contributed by atoms with E-state index in [1.54, 1.807) is 6.07 Å². The summed E-state index contributed by atoms with van der Waals surface area (Å²) in [5, 5.41) is 0. The fraction of sp³-hybridized carbons (Fsp3) is 0.657. The number of hydrogen-bond acceptors (Lipinski definition) is 2. The van der Waals surface area contributed by atoms with E-state index >= 15 is 4.39 Å². The molecule has 1 heterocycles. The molecule has 2 aromatic rings. The largest absolute Gasteiger partial charge is 0.348 e. The van der Waals surface area contributed by atoms with E-state index in [-0.39, 0.29) is 5.82 Å². The van der Waals surface area contributed by atoms with Gasteiger partial charge in [-0.1, -0.05) is 109 Å². The Hall–Kier alpha value is -1.71. The molecule has 0 radical (unpaired) electrons. The van der Waals surface area contributed by atoms with Crippen LogP contribution < -0.4 is 0 Å². The van der Waals surface area contributed by atoms with Crippen LogP contribution in [0, 0.1) is 17.2 Å².